The highest BCUT2D eigenvalue weighted by atomic mass is 16.5. The van der Waals surface area contributed by atoms with Gasteiger partial charge in [-0.15, -0.1) is 0 Å². The van der Waals surface area contributed by atoms with E-state index in [2.05, 4.69) is 13.8 Å². The van der Waals surface area contributed by atoms with Gasteiger partial charge in [-0.25, -0.2) is 0 Å². The SMILES string of the molecule is CC(C)OC(=O)C1(C(C)C)CC1. The molecule has 0 heterocycles. The van der Waals surface area contributed by atoms with Gasteiger partial charge in [-0.1, -0.05) is 13.8 Å². The lowest BCUT2D eigenvalue weighted by Gasteiger charge is -2.19. The van der Waals surface area contributed by atoms with Gasteiger partial charge in [-0.2, -0.15) is 0 Å². The molecule has 0 aromatic carbocycles. The topological polar surface area (TPSA) is 26.3 Å². The first-order valence-corrected chi connectivity index (χ1v) is 4.70. The van der Waals surface area contributed by atoms with Crippen LogP contribution in [-0.4, -0.2) is 12.1 Å². The van der Waals surface area contributed by atoms with Crippen molar-refractivity contribution in [3.8, 4) is 0 Å². The number of carbonyl (C=O) groups excluding carboxylic acids is 1. The van der Waals surface area contributed by atoms with E-state index < -0.39 is 0 Å². The van der Waals surface area contributed by atoms with Crippen molar-refractivity contribution in [2.24, 2.45) is 11.3 Å². The minimum absolute atomic E-state index is 0.00694. The second kappa shape index (κ2) is 3.08. The van der Waals surface area contributed by atoms with Gasteiger partial charge in [0.15, 0.2) is 0 Å². The molecule has 2 nitrogen and oxygen atoms in total. The average molecular weight is 170 g/mol. The molecule has 1 saturated carbocycles. The Kier molecular flexibility index (Phi) is 2.45. The van der Waals surface area contributed by atoms with Crippen molar-refractivity contribution in [2.45, 2.75) is 46.6 Å². The van der Waals surface area contributed by atoms with Crippen LogP contribution in [0.15, 0.2) is 0 Å². The zero-order chi connectivity index (χ0) is 9.35. The summed E-state index contributed by atoms with van der Waals surface area (Å²) in [5.74, 6) is 0.427. The van der Waals surface area contributed by atoms with Crippen LogP contribution in [-0.2, 0) is 9.53 Å². The first-order chi connectivity index (χ1) is 5.49. The number of carbonyl (C=O) groups is 1. The van der Waals surface area contributed by atoms with Gasteiger partial charge in [0.05, 0.1) is 11.5 Å². The Morgan fingerprint density at radius 2 is 1.75 bits per heavy atom. The molecular weight excluding hydrogens is 152 g/mol. The number of esters is 1. The summed E-state index contributed by atoms with van der Waals surface area (Å²) in [5.41, 5.74) is -0.121. The highest BCUT2D eigenvalue weighted by molar-refractivity contribution is 5.80. The van der Waals surface area contributed by atoms with Crippen molar-refractivity contribution in [1.29, 1.82) is 0 Å². The second-order valence-electron chi connectivity index (χ2n) is 4.26. The monoisotopic (exact) mass is 170 g/mol. The van der Waals surface area contributed by atoms with Crippen LogP contribution in [0.2, 0.25) is 0 Å². The molecule has 0 N–H and O–H groups in total. The number of rotatable bonds is 3. The zero-order valence-corrected chi connectivity index (χ0v) is 8.39. The van der Waals surface area contributed by atoms with Crippen LogP contribution >= 0.6 is 0 Å². The normalized spacial score (nSPS) is 19.8. The van der Waals surface area contributed by atoms with Crippen LogP contribution in [0.1, 0.15) is 40.5 Å². The summed E-state index contributed by atoms with van der Waals surface area (Å²) in [6.07, 6.45) is 2.04. The van der Waals surface area contributed by atoms with Crippen LogP contribution in [0.3, 0.4) is 0 Å². The van der Waals surface area contributed by atoms with Gasteiger partial charge in [0, 0.05) is 0 Å². The summed E-state index contributed by atoms with van der Waals surface area (Å²) in [6.45, 7) is 7.98. The summed E-state index contributed by atoms with van der Waals surface area (Å²) < 4.78 is 5.20. The highest BCUT2D eigenvalue weighted by Crippen LogP contribution is 2.52. The van der Waals surface area contributed by atoms with E-state index in [9.17, 15) is 4.79 Å². The second-order valence-corrected chi connectivity index (χ2v) is 4.26. The smallest absolute Gasteiger partial charge is 0.312 e. The molecule has 12 heavy (non-hydrogen) atoms. The van der Waals surface area contributed by atoms with Gasteiger partial charge >= 0.3 is 5.97 Å². The first kappa shape index (κ1) is 9.56. The van der Waals surface area contributed by atoms with E-state index in [1.165, 1.54) is 0 Å². The number of hydrogen-bond donors (Lipinski definition) is 0. The van der Waals surface area contributed by atoms with Gasteiger partial charge in [-0.05, 0) is 32.6 Å². The Balaban J connectivity index is 2.52. The first-order valence-electron chi connectivity index (χ1n) is 4.70. The minimum atomic E-state index is -0.121. The molecule has 0 saturated heterocycles. The van der Waals surface area contributed by atoms with E-state index in [0.29, 0.717) is 5.92 Å². The van der Waals surface area contributed by atoms with Crippen LogP contribution in [0.4, 0.5) is 0 Å². The summed E-state index contributed by atoms with van der Waals surface area (Å²) in [7, 11) is 0. The van der Waals surface area contributed by atoms with E-state index >= 15 is 0 Å². The molecule has 0 aromatic heterocycles. The number of ether oxygens (including phenoxy) is 1. The Labute approximate surface area is 74.3 Å². The fourth-order valence-corrected chi connectivity index (χ4v) is 1.48. The molecule has 70 valence electrons. The summed E-state index contributed by atoms with van der Waals surface area (Å²) in [6, 6.07) is 0. The molecule has 0 bridgehead atoms. The van der Waals surface area contributed by atoms with E-state index in [1.54, 1.807) is 0 Å². The van der Waals surface area contributed by atoms with Gasteiger partial charge in [0.1, 0.15) is 0 Å². The van der Waals surface area contributed by atoms with Gasteiger partial charge in [-0.3, -0.25) is 4.79 Å². The third-order valence-corrected chi connectivity index (χ3v) is 2.64. The molecule has 0 radical (unpaired) electrons. The van der Waals surface area contributed by atoms with Gasteiger partial charge in [0.25, 0.3) is 0 Å². The van der Waals surface area contributed by atoms with Crippen LogP contribution < -0.4 is 0 Å². The fraction of sp³-hybridized carbons (Fsp3) is 0.900. The molecule has 1 aliphatic carbocycles. The average Bonchev–Trinajstić information content (AvgIpc) is 2.63. The third kappa shape index (κ3) is 1.62. The van der Waals surface area contributed by atoms with Crippen molar-refractivity contribution in [3.63, 3.8) is 0 Å². The molecule has 0 unspecified atom stereocenters. The molecule has 0 amide bonds. The lowest BCUT2D eigenvalue weighted by molar-refractivity contribution is -0.156. The standard InChI is InChI=1S/C10H18O2/c1-7(2)10(5-6-10)9(11)12-8(3)4/h7-8H,5-6H2,1-4H3. The summed E-state index contributed by atoms with van der Waals surface area (Å²) in [4.78, 5) is 11.6. The predicted octanol–water partition coefficient (Wildman–Crippen LogP) is 2.37. The number of hydrogen-bond acceptors (Lipinski definition) is 2. The Hall–Kier alpha value is -0.530. The molecule has 1 fully saturated rings. The fourth-order valence-electron chi connectivity index (χ4n) is 1.48. The highest BCUT2D eigenvalue weighted by Gasteiger charge is 2.53. The van der Waals surface area contributed by atoms with Crippen molar-refractivity contribution < 1.29 is 9.53 Å². The molecule has 0 aliphatic heterocycles. The molecule has 0 atom stereocenters. The molecule has 0 spiro atoms. The third-order valence-electron chi connectivity index (χ3n) is 2.64. The maximum Gasteiger partial charge on any atom is 0.312 e. The molecule has 0 aromatic rings. The lowest BCUT2D eigenvalue weighted by atomic mass is 9.93. The summed E-state index contributed by atoms with van der Waals surface area (Å²) >= 11 is 0. The minimum Gasteiger partial charge on any atom is -0.463 e. The quantitative estimate of drug-likeness (QED) is 0.608. The van der Waals surface area contributed by atoms with Crippen LogP contribution in [0.5, 0.6) is 0 Å². The van der Waals surface area contributed by atoms with Gasteiger partial charge < -0.3 is 4.74 Å². The van der Waals surface area contributed by atoms with Crippen molar-refractivity contribution in [2.75, 3.05) is 0 Å². The lowest BCUT2D eigenvalue weighted by Crippen LogP contribution is -2.26. The van der Waals surface area contributed by atoms with Crippen molar-refractivity contribution in [3.05, 3.63) is 0 Å². The van der Waals surface area contributed by atoms with Gasteiger partial charge in [0.2, 0.25) is 0 Å². The predicted molar refractivity (Wildman–Crippen MR) is 47.7 cm³/mol. The largest absolute Gasteiger partial charge is 0.463 e. The maximum absolute atomic E-state index is 11.6. The maximum atomic E-state index is 11.6. The summed E-state index contributed by atoms with van der Waals surface area (Å²) in [5, 5.41) is 0. The van der Waals surface area contributed by atoms with Crippen LogP contribution in [0, 0.1) is 11.3 Å². The van der Waals surface area contributed by atoms with Crippen LogP contribution in [0.25, 0.3) is 0 Å². The molecular formula is C10H18O2. The zero-order valence-electron chi connectivity index (χ0n) is 8.39. The van der Waals surface area contributed by atoms with E-state index in [-0.39, 0.29) is 17.5 Å². The molecule has 1 rings (SSSR count). The van der Waals surface area contributed by atoms with Crippen molar-refractivity contribution >= 4 is 5.97 Å². The van der Waals surface area contributed by atoms with E-state index in [4.69, 9.17) is 4.74 Å². The Morgan fingerprint density at radius 3 is 2.00 bits per heavy atom. The van der Waals surface area contributed by atoms with E-state index in [1.807, 2.05) is 13.8 Å². The Bertz CT molecular complexity index is 178. The van der Waals surface area contributed by atoms with E-state index in [0.717, 1.165) is 12.8 Å². The van der Waals surface area contributed by atoms with Crippen molar-refractivity contribution in [1.82, 2.24) is 0 Å². The molecule has 1 aliphatic rings. The Morgan fingerprint density at radius 1 is 1.25 bits per heavy atom. The molecule has 2 heteroatoms.